The Morgan fingerprint density at radius 2 is 1.80 bits per heavy atom. The van der Waals surface area contributed by atoms with Crippen molar-refractivity contribution in [2.45, 2.75) is 96.9 Å². The second kappa shape index (κ2) is 13.7. The van der Waals surface area contributed by atoms with E-state index in [2.05, 4.69) is 6.92 Å². The summed E-state index contributed by atoms with van der Waals surface area (Å²) >= 11 is 0. The average Bonchev–Trinajstić information content (AvgIpc) is 3.29. The molecule has 174 valence electrons. The third kappa shape index (κ3) is 9.08. The second-order valence-electron chi connectivity index (χ2n) is 7.87. The molecule has 1 fully saturated rings. The Morgan fingerprint density at radius 3 is 2.27 bits per heavy atom. The highest BCUT2D eigenvalue weighted by Gasteiger charge is 2.38. The van der Waals surface area contributed by atoms with Crippen LogP contribution < -0.4 is 5.73 Å². The summed E-state index contributed by atoms with van der Waals surface area (Å²) in [7, 11) is 0. The van der Waals surface area contributed by atoms with Crippen LogP contribution in [0.4, 0.5) is 13.2 Å². The molecule has 0 aliphatic carbocycles. The Balaban J connectivity index is 0.000000352. The fourth-order valence-corrected chi connectivity index (χ4v) is 3.66. The molecular formula is C22H37F3N2O3. The molecule has 1 aromatic heterocycles. The summed E-state index contributed by atoms with van der Waals surface area (Å²) in [6, 6.07) is 0.873. The SMILES string of the molecule is CCCCCCCCCCN.Cc1cc(C(F)(F)F)n(CC2CCCO2)c1C(=O)O. The third-order valence-electron chi connectivity index (χ3n) is 5.25. The minimum absolute atomic E-state index is 0.0791. The maximum absolute atomic E-state index is 12.9. The molecule has 1 aliphatic heterocycles. The van der Waals surface area contributed by atoms with Crippen LogP contribution in [0.25, 0.3) is 0 Å². The number of ether oxygens (including phenoxy) is 1. The first-order valence-corrected chi connectivity index (χ1v) is 11.0. The van der Waals surface area contributed by atoms with E-state index < -0.39 is 17.8 Å². The van der Waals surface area contributed by atoms with Crippen LogP contribution in [0, 0.1) is 6.92 Å². The highest BCUT2D eigenvalue weighted by molar-refractivity contribution is 5.88. The number of carbonyl (C=O) groups is 1. The zero-order chi connectivity index (χ0) is 22.6. The molecule has 0 amide bonds. The van der Waals surface area contributed by atoms with Crippen LogP contribution in [0.3, 0.4) is 0 Å². The van der Waals surface area contributed by atoms with Crippen molar-refractivity contribution in [1.82, 2.24) is 4.57 Å². The molecule has 8 heteroatoms. The van der Waals surface area contributed by atoms with E-state index in [0.29, 0.717) is 13.0 Å². The Labute approximate surface area is 177 Å². The largest absolute Gasteiger partial charge is 0.477 e. The lowest BCUT2D eigenvalue weighted by Crippen LogP contribution is -2.24. The molecule has 2 rings (SSSR count). The van der Waals surface area contributed by atoms with Gasteiger partial charge in [-0.25, -0.2) is 4.79 Å². The van der Waals surface area contributed by atoms with Gasteiger partial charge in [0.05, 0.1) is 6.10 Å². The molecule has 0 bridgehead atoms. The molecule has 30 heavy (non-hydrogen) atoms. The molecule has 1 aromatic rings. The third-order valence-corrected chi connectivity index (χ3v) is 5.25. The summed E-state index contributed by atoms with van der Waals surface area (Å²) < 4.78 is 44.9. The van der Waals surface area contributed by atoms with Crippen LogP contribution >= 0.6 is 0 Å². The first kappa shape index (κ1) is 26.5. The summed E-state index contributed by atoms with van der Waals surface area (Å²) in [6.45, 7) is 4.92. The number of carboxylic acid groups (broad SMARTS) is 1. The molecule has 0 aromatic carbocycles. The van der Waals surface area contributed by atoms with Crippen LogP contribution in [0.5, 0.6) is 0 Å². The number of nitrogens with zero attached hydrogens (tertiary/aromatic N) is 1. The van der Waals surface area contributed by atoms with Crippen molar-refractivity contribution in [1.29, 1.82) is 0 Å². The van der Waals surface area contributed by atoms with E-state index in [1.807, 2.05) is 0 Å². The molecular weight excluding hydrogens is 397 g/mol. The van der Waals surface area contributed by atoms with E-state index in [4.69, 9.17) is 15.6 Å². The van der Waals surface area contributed by atoms with Crippen molar-refractivity contribution in [2.24, 2.45) is 5.73 Å². The lowest BCUT2D eigenvalue weighted by molar-refractivity contribution is -0.144. The number of rotatable bonds is 11. The number of hydrogen-bond donors (Lipinski definition) is 2. The van der Waals surface area contributed by atoms with Gasteiger partial charge in [0.2, 0.25) is 0 Å². The smallest absolute Gasteiger partial charge is 0.431 e. The highest BCUT2D eigenvalue weighted by Crippen LogP contribution is 2.33. The molecule has 0 saturated carbocycles. The molecule has 1 saturated heterocycles. The van der Waals surface area contributed by atoms with E-state index in [1.165, 1.54) is 58.3 Å². The number of aromatic carboxylic acids is 1. The van der Waals surface area contributed by atoms with Crippen molar-refractivity contribution >= 4 is 5.97 Å². The number of nitrogens with two attached hydrogens (primary N) is 1. The Kier molecular flexibility index (Phi) is 12.1. The van der Waals surface area contributed by atoms with Gasteiger partial charge in [-0.2, -0.15) is 13.2 Å². The summed E-state index contributed by atoms with van der Waals surface area (Å²) in [5.41, 5.74) is 4.25. The van der Waals surface area contributed by atoms with E-state index in [-0.39, 0.29) is 23.9 Å². The predicted molar refractivity (Wildman–Crippen MR) is 112 cm³/mol. The number of aromatic nitrogens is 1. The highest BCUT2D eigenvalue weighted by atomic mass is 19.4. The van der Waals surface area contributed by atoms with Crippen molar-refractivity contribution in [3.8, 4) is 0 Å². The monoisotopic (exact) mass is 434 g/mol. The van der Waals surface area contributed by atoms with Gasteiger partial charge in [-0.05, 0) is 44.4 Å². The van der Waals surface area contributed by atoms with Gasteiger partial charge >= 0.3 is 12.1 Å². The van der Waals surface area contributed by atoms with Gasteiger partial charge in [0.15, 0.2) is 0 Å². The maximum Gasteiger partial charge on any atom is 0.431 e. The fraction of sp³-hybridized carbons (Fsp3) is 0.773. The molecule has 1 atom stereocenters. The maximum atomic E-state index is 12.9. The van der Waals surface area contributed by atoms with Gasteiger partial charge in [-0.3, -0.25) is 0 Å². The van der Waals surface area contributed by atoms with Crippen molar-refractivity contribution < 1.29 is 27.8 Å². The van der Waals surface area contributed by atoms with E-state index in [9.17, 15) is 18.0 Å². The standard InChI is InChI=1S/C12H14F3NO3.C10H23N/c1-7-5-9(12(13,14)15)16(10(7)11(17)18)6-8-3-2-4-19-8;1-2-3-4-5-6-7-8-9-10-11/h5,8H,2-4,6H2,1H3,(H,17,18);2-11H2,1H3. The number of aryl methyl sites for hydroxylation is 1. The fourth-order valence-electron chi connectivity index (χ4n) is 3.66. The van der Waals surface area contributed by atoms with Crippen LogP contribution in [0.15, 0.2) is 6.07 Å². The van der Waals surface area contributed by atoms with Crippen molar-refractivity contribution in [2.75, 3.05) is 13.2 Å². The topological polar surface area (TPSA) is 77.5 Å². The van der Waals surface area contributed by atoms with E-state index >= 15 is 0 Å². The zero-order valence-electron chi connectivity index (χ0n) is 18.3. The van der Waals surface area contributed by atoms with Crippen LogP contribution in [-0.2, 0) is 17.5 Å². The minimum atomic E-state index is -4.57. The van der Waals surface area contributed by atoms with Gasteiger partial charge < -0.3 is 20.1 Å². The molecule has 1 unspecified atom stereocenters. The van der Waals surface area contributed by atoms with Gasteiger partial charge in [0, 0.05) is 13.2 Å². The van der Waals surface area contributed by atoms with Crippen molar-refractivity contribution in [3.05, 3.63) is 23.0 Å². The summed E-state index contributed by atoms with van der Waals surface area (Å²) in [5.74, 6) is -1.36. The molecule has 2 heterocycles. The number of alkyl halides is 3. The number of hydrogen-bond acceptors (Lipinski definition) is 3. The summed E-state index contributed by atoms with van der Waals surface area (Å²) in [6.07, 6.45) is 7.49. The molecule has 5 nitrogen and oxygen atoms in total. The van der Waals surface area contributed by atoms with Crippen LogP contribution in [0.2, 0.25) is 0 Å². The van der Waals surface area contributed by atoms with Crippen LogP contribution in [0.1, 0.15) is 92.9 Å². The normalized spacial score (nSPS) is 16.4. The van der Waals surface area contributed by atoms with Gasteiger partial charge in [-0.1, -0.05) is 51.9 Å². The molecule has 0 radical (unpaired) electrons. The zero-order valence-corrected chi connectivity index (χ0v) is 18.3. The minimum Gasteiger partial charge on any atom is -0.477 e. The van der Waals surface area contributed by atoms with Crippen molar-refractivity contribution in [3.63, 3.8) is 0 Å². The first-order chi connectivity index (χ1) is 14.2. The average molecular weight is 435 g/mol. The summed E-state index contributed by atoms with van der Waals surface area (Å²) in [4.78, 5) is 11.1. The summed E-state index contributed by atoms with van der Waals surface area (Å²) in [5, 5.41) is 9.07. The first-order valence-electron chi connectivity index (χ1n) is 11.0. The number of unbranched alkanes of at least 4 members (excludes halogenated alkanes) is 7. The Morgan fingerprint density at radius 1 is 1.20 bits per heavy atom. The second-order valence-corrected chi connectivity index (χ2v) is 7.87. The molecule has 0 spiro atoms. The van der Waals surface area contributed by atoms with E-state index in [1.54, 1.807) is 0 Å². The van der Waals surface area contributed by atoms with E-state index in [0.717, 1.165) is 23.6 Å². The van der Waals surface area contributed by atoms with Crippen LogP contribution in [-0.4, -0.2) is 34.9 Å². The number of carboxylic acids is 1. The molecule has 3 N–H and O–H groups in total. The number of halogens is 3. The predicted octanol–water partition coefficient (Wildman–Crippen LogP) is 5.78. The Bertz CT molecular complexity index is 616. The molecule has 1 aliphatic rings. The van der Waals surface area contributed by atoms with Gasteiger partial charge in [-0.15, -0.1) is 0 Å². The Hall–Kier alpha value is -1.54. The lowest BCUT2D eigenvalue weighted by Gasteiger charge is -2.17. The van der Waals surface area contributed by atoms with Gasteiger partial charge in [0.1, 0.15) is 11.4 Å². The lowest BCUT2D eigenvalue weighted by atomic mass is 10.1. The van der Waals surface area contributed by atoms with Gasteiger partial charge in [0.25, 0.3) is 0 Å². The quantitative estimate of drug-likeness (QED) is 0.433.